The molecule has 0 aliphatic heterocycles. The van der Waals surface area contributed by atoms with Crippen LogP contribution in [0.2, 0.25) is 5.15 Å². The summed E-state index contributed by atoms with van der Waals surface area (Å²) in [6.07, 6.45) is 1.14. The van der Waals surface area contributed by atoms with E-state index < -0.39 is 4.92 Å². The second-order valence-corrected chi connectivity index (χ2v) is 3.94. The Morgan fingerprint density at radius 3 is 2.61 bits per heavy atom. The van der Waals surface area contributed by atoms with E-state index in [0.29, 0.717) is 6.54 Å². The smallest absolute Gasteiger partial charge is 0.325 e. The summed E-state index contributed by atoms with van der Waals surface area (Å²) >= 11 is 5.86. The third kappa shape index (κ3) is 2.43. The van der Waals surface area contributed by atoms with Gasteiger partial charge >= 0.3 is 5.69 Å². The molecule has 0 N–H and O–H groups in total. The maximum atomic E-state index is 10.6. The van der Waals surface area contributed by atoms with Crippen LogP contribution < -0.4 is 4.74 Å². The lowest BCUT2D eigenvalue weighted by atomic mass is 10.2. The fourth-order valence-electron chi connectivity index (χ4n) is 1.50. The second kappa shape index (κ2) is 5.05. The van der Waals surface area contributed by atoms with E-state index in [4.69, 9.17) is 16.3 Å². The normalized spacial score (nSPS) is 10.3. The van der Waals surface area contributed by atoms with Crippen LogP contribution in [-0.4, -0.2) is 21.8 Å². The number of hydrogen-bond donors (Lipinski definition) is 0. The Morgan fingerprint density at radius 1 is 1.44 bits per heavy atom. The first kappa shape index (κ1) is 12.4. The summed E-state index contributed by atoms with van der Waals surface area (Å²) in [7, 11) is 1.59. The number of rotatable bonds is 4. The van der Waals surface area contributed by atoms with Gasteiger partial charge in [0.2, 0.25) is 5.15 Å². The van der Waals surface area contributed by atoms with E-state index in [1.807, 2.05) is 12.1 Å². The molecule has 2 rings (SSSR count). The van der Waals surface area contributed by atoms with Crippen molar-refractivity contribution in [3.05, 3.63) is 51.3 Å². The molecule has 94 valence electrons. The summed E-state index contributed by atoms with van der Waals surface area (Å²) in [6, 6.07) is 7.31. The molecule has 0 bridgehead atoms. The summed E-state index contributed by atoms with van der Waals surface area (Å²) in [5.74, 6) is 0.747. The Morgan fingerprint density at radius 2 is 2.11 bits per heavy atom. The first-order chi connectivity index (χ1) is 8.61. The quantitative estimate of drug-likeness (QED) is 0.630. The second-order valence-electron chi connectivity index (χ2n) is 3.58. The third-order valence-electron chi connectivity index (χ3n) is 2.45. The molecular weight excluding hydrogens is 258 g/mol. The topological polar surface area (TPSA) is 70.2 Å². The molecule has 0 saturated carbocycles. The zero-order valence-corrected chi connectivity index (χ0v) is 10.3. The summed E-state index contributed by atoms with van der Waals surface area (Å²) in [5.41, 5.74) is 0.737. The zero-order chi connectivity index (χ0) is 13.1. The van der Waals surface area contributed by atoms with E-state index in [1.165, 1.54) is 4.68 Å². The molecule has 1 aromatic carbocycles. The lowest BCUT2D eigenvalue weighted by molar-refractivity contribution is -0.384. The molecule has 0 aliphatic rings. The predicted octanol–water partition coefficient (Wildman–Crippen LogP) is 2.50. The van der Waals surface area contributed by atoms with Gasteiger partial charge in [-0.15, -0.1) is 0 Å². The molecule has 0 radical (unpaired) electrons. The van der Waals surface area contributed by atoms with E-state index in [-0.39, 0.29) is 10.8 Å². The van der Waals surface area contributed by atoms with Gasteiger partial charge in [0.25, 0.3) is 0 Å². The van der Waals surface area contributed by atoms with Crippen molar-refractivity contribution in [3.8, 4) is 5.75 Å². The molecule has 6 nitrogen and oxygen atoms in total. The maximum Gasteiger partial charge on any atom is 0.325 e. The van der Waals surface area contributed by atoms with Crippen LogP contribution in [0.3, 0.4) is 0 Å². The van der Waals surface area contributed by atoms with E-state index in [9.17, 15) is 10.1 Å². The van der Waals surface area contributed by atoms with E-state index >= 15 is 0 Å². The van der Waals surface area contributed by atoms with Crippen molar-refractivity contribution in [3.63, 3.8) is 0 Å². The van der Waals surface area contributed by atoms with Crippen LogP contribution >= 0.6 is 11.6 Å². The highest BCUT2D eigenvalue weighted by atomic mass is 35.5. The number of aromatic nitrogens is 2. The molecule has 0 spiro atoms. The van der Waals surface area contributed by atoms with Crippen LogP contribution in [0.4, 0.5) is 5.69 Å². The van der Waals surface area contributed by atoms with Crippen LogP contribution in [0.25, 0.3) is 0 Å². The van der Waals surface area contributed by atoms with Crippen LogP contribution in [0.15, 0.2) is 30.5 Å². The molecule has 2 aromatic rings. The Balaban J connectivity index is 2.20. The molecule has 1 aromatic heterocycles. The van der Waals surface area contributed by atoms with Gasteiger partial charge in [0.15, 0.2) is 0 Å². The molecule has 0 aliphatic carbocycles. The van der Waals surface area contributed by atoms with Crippen molar-refractivity contribution in [2.45, 2.75) is 6.54 Å². The maximum absolute atomic E-state index is 10.6. The summed E-state index contributed by atoms with van der Waals surface area (Å²) in [4.78, 5) is 10.1. The number of hydrogen-bond acceptors (Lipinski definition) is 4. The molecule has 0 fully saturated rings. The van der Waals surface area contributed by atoms with Gasteiger partial charge in [0.05, 0.1) is 18.6 Å². The zero-order valence-electron chi connectivity index (χ0n) is 9.54. The van der Waals surface area contributed by atoms with E-state index in [0.717, 1.165) is 17.5 Å². The highest BCUT2D eigenvalue weighted by molar-refractivity contribution is 6.31. The van der Waals surface area contributed by atoms with Crippen LogP contribution in [0.5, 0.6) is 5.75 Å². The highest BCUT2D eigenvalue weighted by Crippen LogP contribution is 2.24. The minimum atomic E-state index is -0.556. The molecule has 0 atom stereocenters. The molecule has 18 heavy (non-hydrogen) atoms. The van der Waals surface area contributed by atoms with Crippen molar-refractivity contribution in [1.29, 1.82) is 0 Å². The van der Waals surface area contributed by atoms with Gasteiger partial charge in [-0.3, -0.25) is 10.1 Å². The van der Waals surface area contributed by atoms with Crippen LogP contribution in [-0.2, 0) is 6.54 Å². The molecule has 7 heteroatoms. The fraction of sp³-hybridized carbons (Fsp3) is 0.182. The summed E-state index contributed by atoms with van der Waals surface area (Å²) in [6.45, 7) is 0.372. The highest BCUT2D eigenvalue weighted by Gasteiger charge is 2.18. The van der Waals surface area contributed by atoms with Crippen LogP contribution in [0, 0.1) is 10.1 Å². The van der Waals surface area contributed by atoms with E-state index in [2.05, 4.69) is 5.10 Å². The number of methoxy groups -OCH3 is 1. The number of nitrogens with zero attached hydrogens (tertiary/aromatic N) is 3. The number of ether oxygens (including phenoxy) is 1. The minimum Gasteiger partial charge on any atom is -0.497 e. The largest absolute Gasteiger partial charge is 0.497 e. The van der Waals surface area contributed by atoms with Gasteiger partial charge < -0.3 is 4.74 Å². The minimum absolute atomic E-state index is 0.0239. The molecular formula is C11H10ClN3O3. The standard InChI is InChI=1S/C11H10ClN3O3/c1-18-9-4-2-8(3-5-9)7-14-11(12)10(6-13-14)15(16)17/h2-6H,7H2,1H3. The molecule has 0 unspecified atom stereocenters. The van der Waals surface area contributed by atoms with Gasteiger partial charge in [-0.2, -0.15) is 5.10 Å². The average Bonchev–Trinajstić information content (AvgIpc) is 2.72. The summed E-state index contributed by atoms with van der Waals surface area (Å²) in [5, 5.41) is 14.5. The monoisotopic (exact) mass is 267 g/mol. The molecule has 0 amide bonds. The summed E-state index contributed by atoms with van der Waals surface area (Å²) < 4.78 is 6.42. The number of benzene rings is 1. The average molecular weight is 268 g/mol. The fourth-order valence-corrected chi connectivity index (χ4v) is 1.72. The van der Waals surface area contributed by atoms with Crippen molar-refractivity contribution < 1.29 is 9.66 Å². The number of nitro groups is 1. The van der Waals surface area contributed by atoms with E-state index in [1.54, 1.807) is 19.2 Å². The SMILES string of the molecule is COc1ccc(Cn2ncc([N+](=O)[O-])c2Cl)cc1. The molecule has 1 heterocycles. The van der Waals surface area contributed by atoms with Gasteiger partial charge in [-0.05, 0) is 17.7 Å². The van der Waals surface area contributed by atoms with Gasteiger partial charge in [0, 0.05) is 0 Å². The lowest BCUT2D eigenvalue weighted by Gasteiger charge is -2.04. The predicted molar refractivity (Wildman–Crippen MR) is 66.0 cm³/mol. The van der Waals surface area contributed by atoms with Gasteiger partial charge in [-0.1, -0.05) is 23.7 Å². The first-order valence-electron chi connectivity index (χ1n) is 5.10. The Labute approximate surface area is 108 Å². The number of halogens is 1. The lowest BCUT2D eigenvalue weighted by Crippen LogP contribution is -2.01. The first-order valence-corrected chi connectivity index (χ1v) is 5.48. The van der Waals surface area contributed by atoms with Crippen LogP contribution in [0.1, 0.15) is 5.56 Å². The Kier molecular flexibility index (Phi) is 3.47. The van der Waals surface area contributed by atoms with Gasteiger partial charge in [0.1, 0.15) is 11.9 Å². The van der Waals surface area contributed by atoms with Crippen molar-refractivity contribution >= 4 is 17.3 Å². The Bertz CT molecular complexity index is 565. The third-order valence-corrected chi connectivity index (χ3v) is 2.83. The molecule has 0 saturated heterocycles. The van der Waals surface area contributed by atoms with Crippen molar-refractivity contribution in [2.24, 2.45) is 0 Å². The Hall–Kier alpha value is -2.08. The van der Waals surface area contributed by atoms with Crippen molar-refractivity contribution in [1.82, 2.24) is 9.78 Å². The van der Waals surface area contributed by atoms with Crippen molar-refractivity contribution in [2.75, 3.05) is 7.11 Å². The van der Waals surface area contributed by atoms with Gasteiger partial charge in [-0.25, -0.2) is 4.68 Å².